The molecule has 0 fully saturated rings. The van der Waals surface area contributed by atoms with E-state index >= 15 is 0 Å². The molecule has 1 aromatic rings. The van der Waals surface area contributed by atoms with Crippen LogP contribution in [0, 0.1) is 5.92 Å². The summed E-state index contributed by atoms with van der Waals surface area (Å²) in [6.45, 7) is 6.67. The van der Waals surface area contributed by atoms with Crippen molar-refractivity contribution in [2.24, 2.45) is 13.0 Å². The molecule has 0 radical (unpaired) electrons. The minimum atomic E-state index is 0.424. The van der Waals surface area contributed by atoms with Crippen LogP contribution in [0.3, 0.4) is 0 Å². The van der Waals surface area contributed by atoms with E-state index < -0.39 is 0 Å². The Morgan fingerprint density at radius 3 is 2.53 bits per heavy atom. The number of anilines is 1. The van der Waals surface area contributed by atoms with E-state index in [1.54, 1.807) is 4.68 Å². The third kappa shape index (κ3) is 4.27. The maximum absolute atomic E-state index is 3.89. The topological polar surface area (TPSA) is 55.6 Å². The second-order valence-corrected chi connectivity index (χ2v) is 4.50. The molecule has 1 atom stereocenters. The molecule has 0 aliphatic rings. The van der Waals surface area contributed by atoms with Gasteiger partial charge in [-0.1, -0.05) is 31.8 Å². The highest BCUT2D eigenvalue weighted by Gasteiger charge is 2.06. The van der Waals surface area contributed by atoms with Crippen molar-refractivity contribution in [3.63, 3.8) is 0 Å². The fraction of sp³-hybridized carbons (Fsp3) is 0.900. The van der Waals surface area contributed by atoms with Crippen LogP contribution in [0.25, 0.3) is 0 Å². The first kappa shape index (κ1) is 11.9. The fourth-order valence-corrected chi connectivity index (χ4v) is 1.48. The molecule has 1 aromatic heterocycles. The van der Waals surface area contributed by atoms with E-state index in [1.165, 1.54) is 12.8 Å². The Balaban J connectivity index is 2.24. The average molecular weight is 211 g/mol. The molecule has 0 aliphatic heterocycles. The van der Waals surface area contributed by atoms with Crippen molar-refractivity contribution in [2.45, 2.75) is 46.1 Å². The summed E-state index contributed by atoms with van der Waals surface area (Å²) >= 11 is 0. The van der Waals surface area contributed by atoms with Crippen molar-refractivity contribution in [3.05, 3.63) is 0 Å². The lowest BCUT2D eigenvalue weighted by Crippen LogP contribution is -2.18. The number of tetrazole rings is 1. The summed E-state index contributed by atoms with van der Waals surface area (Å²) in [5.74, 6) is 1.53. The Hall–Kier alpha value is -1.13. The van der Waals surface area contributed by atoms with Gasteiger partial charge in [0.15, 0.2) is 0 Å². The van der Waals surface area contributed by atoms with Crippen LogP contribution in [-0.4, -0.2) is 26.2 Å². The van der Waals surface area contributed by atoms with E-state index in [1.807, 2.05) is 7.05 Å². The smallest absolute Gasteiger partial charge is 0.242 e. The normalized spacial score (nSPS) is 13.1. The van der Waals surface area contributed by atoms with Gasteiger partial charge in [-0.3, -0.25) is 0 Å². The third-order valence-corrected chi connectivity index (χ3v) is 2.41. The maximum Gasteiger partial charge on any atom is 0.242 e. The summed E-state index contributed by atoms with van der Waals surface area (Å²) in [5.41, 5.74) is 0. The maximum atomic E-state index is 3.89. The third-order valence-electron chi connectivity index (χ3n) is 2.41. The fourth-order valence-electron chi connectivity index (χ4n) is 1.48. The van der Waals surface area contributed by atoms with E-state index in [9.17, 15) is 0 Å². The lowest BCUT2D eigenvalue weighted by atomic mass is 10.0. The number of nitrogens with one attached hydrogen (secondary N) is 1. The molecule has 0 spiro atoms. The Bertz CT molecular complexity index is 281. The first-order valence-electron chi connectivity index (χ1n) is 5.58. The van der Waals surface area contributed by atoms with Gasteiger partial charge in [-0.05, 0) is 29.7 Å². The predicted octanol–water partition coefficient (Wildman–Crippen LogP) is 1.84. The van der Waals surface area contributed by atoms with Gasteiger partial charge in [-0.15, -0.1) is 0 Å². The van der Waals surface area contributed by atoms with E-state index in [-0.39, 0.29) is 0 Å². The van der Waals surface area contributed by atoms with Crippen molar-refractivity contribution in [1.82, 2.24) is 20.2 Å². The molecule has 1 heterocycles. The molecule has 0 saturated heterocycles. The quantitative estimate of drug-likeness (QED) is 0.780. The zero-order chi connectivity index (χ0) is 11.3. The molecule has 0 amide bonds. The monoisotopic (exact) mass is 211 g/mol. The molecule has 0 aromatic carbocycles. The molecule has 0 bridgehead atoms. The van der Waals surface area contributed by atoms with Crippen LogP contribution in [0.1, 0.15) is 40.0 Å². The van der Waals surface area contributed by atoms with Gasteiger partial charge in [0.1, 0.15) is 0 Å². The first-order chi connectivity index (χ1) is 7.09. The molecule has 5 nitrogen and oxygen atoms in total. The van der Waals surface area contributed by atoms with Crippen molar-refractivity contribution in [1.29, 1.82) is 0 Å². The number of aryl methyl sites for hydroxylation is 1. The van der Waals surface area contributed by atoms with Crippen molar-refractivity contribution in [2.75, 3.05) is 5.32 Å². The van der Waals surface area contributed by atoms with Gasteiger partial charge in [0, 0.05) is 13.1 Å². The second-order valence-electron chi connectivity index (χ2n) is 4.50. The summed E-state index contributed by atoms with van der Waals surface area (Å²) in [6, 6.07) is 0.424. The Morgan fingerprint density at radius 2 is 2.00 bits per heavy atom. The molecule has 5 heteroatoms. The molecule has 0 aliphatic carbocycles. The summed E-state index contributed by atoms with van der Waals surface area (Å²) in [6.07, 6.45) is 3.69. The van der Waals surface area contributed by atoms with Crippen LogP contribution in [0.15, 0.2) is 0 Å². The average Bonchev–Trinajstić information content (AvgIpc) is 2.51. The van der Waals surface area contributed by atoms with Gasteiger partial charge >= 0.3 is 0 Å². The van der Waals surface area contributed by atoms with Gasteiger partial charge in [0.05, 0.1) is 0 Å². The minimum absolute atomic E-state index is 0.424. The number of aromatic nitrogens is 4. The number of hydrogen-bond donors (Lipinski definition) is 1. The van der Waals surface area contributed by atoms with Crippen LogP contribution in [0.2, 0.25) is 0 Å². The Kier molecular flexibility index (Phi) is 4.52. The van der Waals surface area contributed by atoms with Gasteiger partial charge in [0.2, 0.25) is 5.95 Å². The molecule has 1 N–H and O–H groups in total. The van der Waals surface area contributed by atoms with Crippen molar-refractivity contribution >= 4 is 5.95 Å². The number of nitrogens with zero attached hydrogens (tertiary/aromatic N) is 4. The molecule has 0 saturated carbocycles. The van der Waals surface area contributed by atoms with Crippen LogP contribution in [0.5, 0.6) is 0 Å². The molecule has 1 rings (SSSR count). The molecule has 86 valence electrons. The van der Waals surface area contributed by atoms with Gasteiger partial charge in [0.25, 0.3) is 0 Å². The highest BCUT2D eigenvalue weighted by molar-refractivity contribution is 5.22. The predicted molar refractivity (Wildman–Crippen MR) is 60.6 cm³/mol. The van der Waals surface area contributed by atoms with E-state index in [2.05, 4.69) is 41.6 Å². The number of rotatable bonds is 6. The number of hydrogen-bond acceptors (Lipinski definition) is 4. The van der Waals surface area contributed by atoms with Crippen LogP contribution < -0.4 is 5.32 Å². The minimum Gasteiger partial charge on any atom is -0.351 e. The first-order valence-corrected chi connectivity index (χ1v) is 5.58. The molecular weight excluding hydrogens is 190 g/mol. The molecular formula is C10H21N5. The van der Waals surface area contributed by atoms with Crippen LogP contribution in [0.4, 0.5) is 5.95 Å². The van der Waals surface area contributed by atoms with E-state index in [0.29, 0.717) is 6.04 Å². The van der Waals surface area contributed by atoms with Gasteiger partial charge in [-0.2, -0.15) is 0 Å². The summed E-state index contributed by atoms with van der Waals surface area (Å²) in [7, 11) is 1.84. The highest BCUT2D eigenvalue weighted by Crippen LogP contribution is 2.10. The standard InChI is InChI=1S/C10H21N5/c1-8(2)6-5-7-9(3)11-10-12-13-14-15(10)4/h8-9H,5-7H2,1-4H3,(H,11,12,14). The lowest BCUT2D eigenvalue weighted by molar-refractivity contribution is 0.518. The summed E-state index contributed by atoms with van der Waals surface area (Å²) < 4.78 is 1.65. The SMILES string of the molecule is CC(C)CCCC(C)Nc1nnnn1C. The van der Waals surface area contributed by atoms with Gasteiger partial charge in [-0.25, -0.2) is 4.68 Å². The zero-order valence-corrected chi connectivity index (χ0v) is 10.1. The van der Waals surface area contributed by atoms with Crippen molar-refractivity contribution in [3.8, 4) is 0 Å². The summed E-state index contributed by atoms with van der Waals surface area (Å²) in [5, 5.41) is 14.5. The Labute approximate surface area is 91.2 Å². The summed E-state index contributed by atoms with van der Waals surface area (Å²) in [4.78, 5) is 0. The molecule has 15 heavy (non-hydrogen) atoms. The highest BCUT2D eigenvalue weighted by atomic mass is 15.6. The second kappa shape index (κ2) is 5.68. The van der Waals surface area contributed by atoms with Crippen LogP contribution >= 0.6 is 0 Å². The van der Waals surface area contributed by atoms with Crippen molar-refractivity contribution < 1.29 is 0 Å². The van der Waals surface area contributed by atoms with Crippen LogP contribution in [-0.2, 0) is 7.05 Å². The largest absolute Gasteiger partial charge is 0.351 e. The van der Waals surface area contributed by atoms with E-state index in [0.717, 1.165) is 18.3 Å². The molecule has 1 unspecified atom stereocenters. The lowest BCUT2D eigenvalue weighted by Gasteiger charge is -2.13. The van der Waals surface area contributed by atoms with E-state index in [4.69, 9.17) is 0 Å². The van der Waals surface area contributed by atoms with Gasteiger partial charge < -0.3 is 5.32 Å². The Morgan fingerprint density at radius 1 is 1.27 bits per heavy atom. The zero-order valence-electron chi connectivity index (χ0n) is 10.1.